The van der Waals surface area contributed by atoms with Gasteiger partial charge >= 0.3 is 5.97 Å². The number of amides is 2. The molecular formula is C17H28FN3O6. The lowest BCUT2D eigenvalue weighted by Gasteiger charge is -2.39. The number of fused-ring (bicyclic) bond motifs is 1. The maximum absolute atomic E-state index is 13.1. The monoisotopic (exact) mass is 389 g/mol. The second-order valence-electron chi connectivity index (χ2n) is 7.89. The summed E-state index contributed by atoms with van der Waals surface area (Å²) in [7, 11) is 0. The highest BCUT2D eigenvalue weighted by molar-refractivity contribution is 5.89. The van der Waals surface area contributed by atoms with Gasteiger partial charge in [0.25, 0.3) is 5.91 Å². The van der Waals surface area contributed by atoms with Crippen LogP contribution in [0.5, 0.6) is 0 Å². The van der Waals surface area contributed by atoms with Crippen molar-refractivity contribution in [2.45, 2.75) is 70.2 Å². The number of alkyl halides is 1. The zero-order chi connectivity index (χ0) is 20.4. The zero-order valence-corrected chi connectivity index (χ0v) is 15.9. The van der Waals surface area contributed by atoms with Gasteiger partial charge in [-0.1, -0.05) is 0 Å². The summed E-state index contributed by atoms with van der Waals surface area (Å²) in [6.07, 6.45) is -0.315. The molecule has 2 rings (SSSR count). The van der Waals surface area contributed by atoms with E-state index in [1.54, 1.807) is 20.8 Å². The molecule has 2 amide bonds. The molecule has 1 unspecified atom stereocenters. The summed E-state index contributed by atoms with van der Waals surface area (Å²) in [4.78, 5) is 39.0. The Kier molecular flexibility index (Phi) is 6.77. The first-order chi connectivity index (χ1) is 12.5. The third kappa shape index (κ3) is 5.36. The zero-order valence-electron chi connectivity index (χ0n) is 15.9. The van der Waals surface area contributed by atoms with Crippen LogP contribution in [0.4, 0.5) is 4.39 Å². The van der Waals surface area contributed by atoms with Crippen molar-refractivity contribution in [3.05, 3.63) is 0 Å². The fourth-order valence-corrected chi connectivity index (χ4v) is 3.59. The van der Waals surface area contributed by atoms with Crippen LogP contribution in [0.25, 0.3) is 0 Å². The van der Waals surface area contributed by atoms with Gasteiger partial charge in [-0.05, 0) is 40.0 Å². The summed E-state index contributed by atoms with van der Waals surface area (Å²) in [6, 6.07) is -2.41. The summed E-state index contributed by atoms with van der Waals surface area (Å²) in [5.41, 5.74) is -0.703. The lowest BCUT2D eigenvalue weighted by Crippen LogP contribution is -2.61. The number of carbonyl (C=O) groups excluding carboxylic acids is 2. The second kappa shape index (κ2) is 8.49. The van der Waals surface area contributed by atoms with Gasteiger partial charge in [-0.25, -0.2) is 9.18 Å². The number of halogens is 1. The Labute approximate surface area is 157 Å². The van der Waals surface area contributed by atoms with Crippen molar-refractivity contribution in [2.75, 3.05) is 19.8 Å². The molecule has 27 heavy (non-hydrogen) atoms. The van der Waals surface area contributed by atoms with Crippen LogP contribution in [0.15, 0.2) is 0 Å². The molecule has 0 radical (unpaired) electrons. The highest BCUT2D eigenvalue weighted by atomic mass is 19.1. The number of rotatable bonds is 5. The molecule has 2 saturated heterocycles. The molecule has 0 saturated carbocycles. The second-order valence-corrected chi connectivity index (χ2v) is 7.89. The van der Waals surface area contributed by atoms with E-state index in [2.05, 4.69) is 5.32 Å². The number of carboxylic acid groups (broad SMARTS) is 1. The molecule has 0 aromatic heterocycles. The molecule has 154 valence electrons. The van der Waals surface area contributed by atoms with Crippen LogP contribution < -0.4 is 5.32 Å². The van der Waals surface area contributed by atoms with Gasteiger partial charge in [0, 0.05) is 19.1 Å². The summed E-state index contributed by atoms with van der Waals surface area (Å²) in [5.74, 6) is -2.38. The van der Waals surface area contributed by atoms with Gasteiger partial charge in [0.05, 0.1) is 5.60 Å². The molecule has 0 aromatic rings. The van der Waals surface area contributed by atoms with Gasteiger partial charge in [-0.3, -0.25) is 14.9 Å². The molecule has 0 aliphatic carbocycles. The highest BCUT2D eigenvalue weighted by Crippen LogP contribution is 2.29. The lowest BCUT2D eigenvalue weighted by molar-refractivity contribution is -0.190. The van der Waals surface area contributed by atoms with E-state index in [1.165, 1.54) is 9.80 Å². The topological polar surface area (TPSA) is 119 Å². The van der Waals surface area contributed by atoms with Crippen molar-refractivity contribution in [3.8, 4) is 0 Å². The number of aliphatic carboxylic acids is 1. The molecule has 0 spiro atoms. The Hall–Kier alpha value is -1.78. The Bertz CT molecular complexity index is 582. The standard InChI is InChI=1S/C17H28FN3O6/c1-17(2,3)27-16(26)19-11-9-20(13(22)8-18)7-6-10-4-5-12(15(24)25)21(10)14(11)23/h10-12,16,19,26H,4-9H2,1-3H3,(H,24,25)/t10-,11+,12+,16?/m1/s1. The number of hydrogen-bond acceptors (Lipinski definition) is 6. The third-order valence-electron chi connectivity index (χ3n) is 4.75. The van der Waals surface area contributed by atoms with Gasteiger partial charge in [0.1, 0.15) is 12.1 Å². The number of carbonyl (C=O) groups is 3. The smallest absolute Gasteiger partial charge is 0.326 e. The number of aliphatic hydroxyl groups excluding tert-OH is 1. The van der Waals surface area contributed by atoms with E-state index in [-0.39, 0.29) is 19.1 Å². The summed E-state index contributed by atoms with van der Waals surface area (Å²) >= 11 is 0. The molecule has 2 fully saturated rings. The highest BCUT2D eigenvalue weighted by Gasteiger charge is 2.45. The molecule has 0 bridgehead atoms. The van der Waals surface area contributed by atoms with Crippen molar-refractivity contribution in [1.82, 2.24) is 15.1 Å². The molecule has 2 aliphatic rings. The third-order valence-corrected chi connectivity index (χ3v) is 4.75. The van der Waals surface area contributed by atoms with Crippen molar-refractivity contribution in [1.29, 1.82) is 0 Å². The average Bonchev–Trinajstić information content (AvgIpc) is 2.96. The van der Waals surface area contributed by atoms with E-state index < -0.39 is 48.6 Å². The Balaban J connectivity index is 2.25. The minimum atomic E-state index is -1.51. The lowest BCUT2D eigenvalue weighted by atomic mass is 10.1. The number of nitrogens with one attached hydrogen (secondary N) is 1. The van der Waals surface area contributed by atoms with Crippen LogP contribution in [0.3, 0.4) is 0 Å². The number of hydrogen-bond donors (Lipinski definition) is 3. The molecule has 4 atom stereocenters. The first-order valence-electron chi connectivity index (χ1n) is 9.04. The van der Waals surface area contributed by atoms with E-state index >= 15 is 0 Å². The molecule has 9 nitrogen and oxygen atoms in total. The summed E-state index contributed by atoms with van der Waals surface area (Å²) < 4.78 is 18.2. The van der Waals surface area contributed by atoms with Gasteiger partial charge in [-0.15, -0.1) is 0 Å². The molecule has 0 aromatic carbocycles. The van der Waals surface area contributed by atoms with E-state index in [4.69, 9.17) is 4.74 Å². The van der Waals surface area contributed by atoms with E-state index in [9.17, 15) is 29.0 Å². The molecule has 10 heteroatoms. The normalized spacial score (nSPS) is 27.7. The molecule has 3 N–H and O–H groups in total. The van der Waals surface area contributed by atoms with Crippen LogP contribution in [0, 0.1) is 0 Å². The maximum atomic E-state index is 13.1. The average molecular weight is 389 g/mol. The Morgan fingerprint density at radius 2 is 2.00 bits per heavy atom. The number of ether oxygens (including phenoxy) is 1. The maximum Gasteiger partial charge on any atom is 0.326 e. The minimum absolute atomic E-state index is 0.179. The fourth-order valence-electron chi connectivity index (χ4n) is 3.59. The SMILES string of the molecule is CC(C)(C)OC(O)N[C@H]1CN(C(=O)CF)CC[C@H]2CC[C@@H](C(=O)O)N2C1=O. The summed E-state index contributed by atoms with van der Waals surface area (Å²) in [5, 5.41) is 22.2. The van der Waals surface area contributed by atoms with Crippen LogP contribution >= 0.6 is 0 Å². The van der Waals surface area contributed by atoms with Gasteiger partial charge < -0.3 is 24.7 Å². The van der Waals surface area contributed by atoms with Crippen molar-refractivity contribution in [2.24, 2.45) is 0 Å². The van der Waals surface area contributed by atoms with Gasteiger partial charge in [0.15, 0.2) is 6.67 Å². The minimum Gasteiger partial charge on any atom is -0.480 e. The molecule has 2 aliphatic heterocycles. The molecular weight excluding hydrogens is 361 g/mol. The van der Waals surface area contributed by atoms with Crippen molar-refractivity contribution < 1.29 is 33.7 Å². The van der Waals surface area contributed by atoms with Crippen LogP contribution in [-0.2, 0) is 19.1 Å². The first kappa shape index (κ1) is 21.5. The van der Waals surface area contributed by atoms with E-state index in [0.29, 0.717) is 19.3 Å². The molecule has 2 heterocycles. The Morgan fingerprint density at radius 1 is 1.33 bits per heavy atom. The fraction of sp³-hybridized carbons (Fsp3) is 0.824. The number of nitrogens with zero attached hydrogens (tertiary/aromatic N) is 2. The largest absolute Gasteiger partial charge is 0.480 e. The quantitative estimate of drug-likeness (QED) is 0.552. The van der Waals surface area contributed by atoms with Crippen LogP contribution in [0.2, 0.25) is 0 Å². The van der Waals surface area contributed by atoms with Crippen molar-refractivity contribution in [3.63, 3.8) is 0 Å². The van der Waals surface area contributed by atoms with Gasteiger partial charge in [0.2, 0.25) is 12.3 Å². The summed E-state index contributed by atoms with van der Waals surface area (Å²) in [6.45, 7) is 3.99. The van der Waals surface area contributed by atoms with Crippen molar-refractivity contribution >= 4 is 17.8 Å². The van der Waals surface area contributed by atoms with E-state index in [0.717, 1.165) is 0 Å². The predicted octanol–water partition coefficient (Wildman–Crippen LogP) is -0.318. The van der Waals surface area contributed by atoms with Crippen LogP contribution in [-0.4, -0.2) is 87.7 Å². The first-order valence-corrected chi connectivity index (χ1v) is 9.04. The number of carboxylic acids is 1. The van der Waals surface area contributed by atoms with Crippen LogP contribution in [0.1, 0.15) is 40.0 Å². The van der Waals surface area contributed by atoms with Gasteiger partial charge in [-0.2, -0.15) is 0 Å². The van der Waals surface area contributed by atoms with E-state index in [1.807, 2.05) is 0 Å². The predicted molar refractivity (Wildman–Crippen MR) is 92.2 cm³/mol. The Morgan fingerprint density at radius 3 is 2.56 bits per heavy atom. The number of aliphatic hydroxyl groups is 1.